The van der Waals surface area contributed by atoms with Crippen LogP contribution in [0.1, 0.15) is 23.7 Å². The van der Waals surface area contributed by atoms with E-state index in [2.05, 4.69) is 50.2 Å². The fourth-order valence-electron chi connectivity index (χ4n) is 3.46. The van der Waals surface area contributed by atoms with Gasteiger partial charge in [-0.3, -0.25) is 0 Å². The van der Waals surface area contributed by atoms with Gasteiger partial charge in [0.2, 0.25) is 0 Å². The van der Waals surface area contributed by atoms with Gasteiger partial charge < -0.3 is 4.74 Å². The summed E-state index contributed by atoms with van der Waals surface area (Å²) >= 11 is 0. The third-order valence-electron chi connectivity index (χ3n) is 4.71. The van der Waals surface area contributed by atoms with Crippen LogP contribution in [0.2, 0.25) is 0 Å². The van der Waals surface area contributed by atoms with Gasteiger partial charge in [-0.15, -0.1) is 0 Å². The normalized spacial score (nSPS) is 11.0. The van der Waals surface area contributed by atoms with Crippen molar-refractivity contribution in [3.05, 3.63) is 89.7 Å². The molecule has 0 aliphatic heterocycles. The van der Waals surface area contributed by atoms with E-state index in [0.29, 0.717) is 6.61 Å². The molecular weight excluding hydrogens is 320 g/mol. The molecule has 0 fully saturated rings. The summed E-state index contributed by atoms with van der Waals surface area (Å²) in [6, 6.07) is 22.7. The van der Waals surface area contributed by atoms with E-state index in [1.165, 1.54) is 5.56 Å². The number of aryl methyl sites for hydroxylation is 2. The Morgan fingerprint density at radius 1 is 0.923 bits per heavy atom. The topological polar surface area (TPSA) is 26.5 Å². The molecule has 2 aromatic carbocycles. The van der Waals surface area contributed by atoms with Crippen molar-refractivity contribution in [1.29, 1.82) is 0 Å². The maximum Gasteiger partial charge on any atom is 0.131 e. The molecule has 0 atom stereocenters. The van der Waals surface area contributed by atoms with Crippen molar-refractivity contribution in [1.82, 2.24) is 9.61 Å². The highest BCUT2D eigenvalue weighted by molar-refractivity contribution is 5.87. The lowest BCUT2D eigenvalue weighted by atomic mass is 10.0. The van der Waals surface area contributed by atoms with Gasteiger partial charge in [-0.25, -0.2) is 4.52 Å². The van der Waals surface area contributed by atoms with Crippen LogP contribution in [0, 0.1) is 6.92 Å². The number of nitrogens with zero attached hydrogens (tertiary/aromatic N) is 2. The predicted molar refractivity (Wildman–Crippen MR) is 106 cm³/mol. The van der Waals surface area contributed by atoms with Crippen LogP contribution in [0.15, 0.2) is 72.9 Å². The van der Waals surface area contributed by atoms with Crippen molar-refractivity contribution in [3.63, 3.8) is 0 Å². The second-order valence-corrected chi connectivity index (χ2v) is 6.41. The summed E-state index contributed by atoms with van der Waals surface area (Å²) in [7, 11) is 0. The van der Waals surface area contributed by atoms with E-state index >= 15 is 0 Å². The molecule has 2 aromatic heterocycles. The minimum absolute atomic E-state index is 0.547. The zero-order valence-electron chi connectivity index (χ0n) is 15.1. The standard InChI is InChI=1S/C23H22N2O/c1-3-20-17(2)24-25-15-14-21(26-16-18-10-6-4-7-11-18)22(23(20)25)19-12-8-5-9-13-19/h4-15H,3,16H2,1-2H3. The van der Waals surface area contributed by atoms with Crippen molar-refractivity contribution in [2.24, 2.45) is 0 Å². The predicted octanol–water partition coefficient (Wildman–Crippen LogP) is 5.45. The summed E-state index contributed by atoms with van der Waals surface area (Å²) in [4.78, 5) is 0. The molecule has 0 N–H and O–H groups in total. The summed E-state index contributed by atoms with van der Waals surface area (Å²) in [5.74, 6) is 0.891. The van der Waals surface area contributed by atoms with Crippen LogP contribution < -0.4 is 4.74 Å². The minimum Gasteiger partial charge on any atom is -0.488 e. The van der Waals surface area contributed by atoms with Gasteiger partial charge in [0.1, 0.15) is 12.4 Å². The van der Waals surface area contributed by atoms with Gasteiger partial charge in [0.05, 0.1) is 11.2 Å². The van der Waals surface area contributed by atoms with E-state index in [1.54, 1.807) is 0 Å². The third kappa shape index (κ3) is 2.97. The van der Waals surface area contributed by atoms with Crippen molar-refractivity contribution in [2.45, 2.75) is 26.9 Å². The summed E-state index contributed by atoms with van der Waals surface area (Å²) in [6.07, 6.45) is 2.94. The zero-order valence-corrected chi connectivity index (χ0v) is 15.1. The molecule has 0 aliphatic carbocycles. The Bertz CT molecular complexity index is 1020. The Balaban J connectivity index is 1.86. The molecule has 0 saturated heterocycles. The second kappa shape index (κ2) is 7.04. The van der Waals surface area contributed by atoms with Crippen LogP contribution in [-0.2, 0) is 13.0 Å². The largest absolute Gasteiger partial charge is 0.488 e. The molecule has 26 heavy (non-hydrogen) atoms. The molecule has 3 heteroatoms. The Morgan fingerprint density at radius 2 is 1.62 bits per heavy atom. The molecular formula is C23H22N2O. The summed E-state index contributed by atoms with van der Waals surface area (Å²) in [6.45, 7) is 4.80. The van der Waals surface area contributed by atoms with Crippen molar-refractivity contribution < 1.29 is 4.74 Å². The van der Waals surface area contributed by atoms with Gasteiger partial charge in [-0.2, -0.15) is 5.10 Å². The first-order valence-electron chi connectivity index (χ1n) is 9.01. The molecule has 0 radical (unpaired) electrons. The number of rotatable bonds is 5. The van der Waals surface area contributed by atoms with Crippen molar-refractivity contribution >= 4 is 5.52 Å². The van der Waals surface area contributed by atoms with Crippen LogP contribution in [-0.4, -0.2) is 9.61 Å². The highest BCUT2D eigenvalue weighted by Gasteiger charge is 2.17. The average Bonchev–Trinajstić information content (AvgIpc) is 3.02. The van der Waals surface area contributed by atoms with Crippen LogP contribution in [0.25, 0.3) is 16.6 Å². The highest BCUT2D eigenvalue weighted by atomic mass is 16.5. The fourth-order valence-corrected chi connectivity index (χ4v) is 3.46. The number of fused-ring (bicyclic) bond motifs is 1. The van der Waals surface area contributed by atoms with Crippen LogP contribution in [0.4, 0.5) is 0 Å². The molecule has 2 heterocycles. The van der Waals surface area contributed by atoms with Gasteiger partial charge in [-0.05, 0) is 30.5 Å². The lowest BCUT2D eigenvalue weighted by molar-refractivity contribution is 0.307. The number of hydrogen-bond donors (Lipinski definition) is 0. The van der Waals surface area contributed by atoms with Crippen LogP contribution >= 0.6 is 0 Å². The lowest BCUT2D eigenvalue weighted by Crippen LogP contribution is -2.00. The van der Waals surface area contributed by atoms with Crippen molar-refractivity contribution in [3.8, 4) is 16.9 Å². The summed E-state index contributed by atoms with van der Waals surface area (Å²) < 4.78 is 8.23. The highest BCUT2D eigenvalue weighted by Crippen LogP contribution is 2.37. The molecule has 130 valence electrons. The Morgan fingerprint density at radius 3 is 2.31 bits per heavy atom. The number of hydrogen-bond acceptors (Lipinski definition) is 2. The Kier molecular flexibility index (Phi) is 4.44. The van der Waals surface area contributed by atoms with Crippen molar-refractivity contribution in [2.75, 3.05) is 0 Å². The smallest absolute Gasteiger partial charge is 0.131 e. The van der Waals surface area contributed by atoms with E-state index in [0.717, 1.165) is 40.1 Å². The zero-order chi connectivity index (χ0) is 17.9. The molecule has 3 nitrogen and oxygen atoms in total. The van der Waals surface area contributed by atoms with E-state index < -0.39 is 0 Å². The van der Waals surface area contributed by atoms with E-state index in [1.807, 2.05) is 41.0 Å². The maximum atomic E-state index is 6.25. The summed E-state index contributed by atoms with van der Waals surface area (Å²) in [5, 5.41) is 4.69. The van der Waals surface area contributed by atoms with Crippen LogP contribution in [0.3, 0.4) is 0 Å². The van der Waals surface area contributed by atoms with Crippen LogP contribution in [0.5, 0.6) is 5.75 Å². The number of pyridine rings is 1. The molecule has 0 spiro atoms. The lowest BCUT2D eigenvalue weighted by Gasteiger charge is -2.14. The van der Waals surface area contributed by atoms with Gasteiger partial charge in [0.25, 0.3) is 0 Å². The number of ether oxygens (including phenoxy) is 1. The molecule has 0 unspecified atom stereocenters. The molecule has 0 saturated carbocycles. The van der Waals surface area contributed by atoms with Gasteiger partial charge in [0.15, 0.2) is 0 Å². The first-order valence-corrected chi connectivity index (χ1v) is 9.01. The molecule has 0 bridgehead atoms. The third-order valence-corrected chi connectivity index (χ3v) is 4.71. The second-order valence-electron chi connectivity index (χ2n) is 6.41. The molecule has 0 amide bonds. The Hall–Kier alpha value is -3.07. The molecule has 0 aliphatic rings. The van der Waals surface area contributed by atoms with Gasteiger partial charge >= 0.3 is 0 Å². The van der Waals surface area contributed by atoms with Gasteiger partial charge in [0, 0.05) is 17.3 Å². The fraction of sp³-hybridized carbons (Fsp3) is 0.174. The Labute approximate surface area is 153 Å². The monoisotopic (exact) mass is 342 g/mol. The van der Waals surface area contributed by atoms with E-state index in [4.69, 9.17) is 9.84 Å². The van der Waals surface area contributed by atoms with E-state index in [-0.39, 0.29) is 0 Å². The molecule has 4 rings (SSSR count). The molecule has 4 aromatic rings. The average molecular weight is 342 g/mol. The summed E-state index contributed by atoms with van der Waals surface area (Å²) in [5.41, 5.74) is 6.91. The quantitative estimate of drug-likeness (QED) is 0.482. The van der Waals surface area contributed by atoms with E-state index in [9.17, 15) is 0 Å². The van der Waals surface area contributed by atoms with Gasteiger partial charge in [-0.1, -0.05) is 67.6 Å². The minimum atomic E-state index is 0.547. The first-order chi connectivity index (χ1) is 12.8. The maximum absolute atomic E-state index is 6.25. The first kappa shape index (κ1) is 16.4. The SMILES string of the molecule is CCc1c(C)nn2ccc(OCc3ccccc3)c(-c3ccccc3)c12. The number of aromatic nitrogens is 2. The number of benzene rings is 2.